The molecule has 0 aromatic heterocycles. The minimum atomic E-state index is -0.00233. The van der Waals surface area contributed by atoms with E-state index in [0.717, 1.165) is 35.2 Å². The number of carbonyl (C=O) groups excluding carboxylic acids is 1. The number of nitrogens with zero attached hydrogens (tertiary/aromatic N) is 2. The normalized spacial score (nSPS) is 10.6. The summed E-state index contributed by atoms with van der Waals surface area (Å²) in [5, 5.41) is 7.94. The van der Waals surface area contributed by atoms with Crippen molar-refractivity contribution in [2.75, 3.05) is 29.9 Å². The van der Waals surface area contributed by atoms with Crippen molar-refractivity contribution in [2.45, 2.75) is 39.5 Å². The lowest BCUT2D eigenvalue weighted by molar-refractivity contribution is 0.100. The van der Waals surface area contributed by atoms with Crippen LogP contribution in [0.25, 0.3) is 0 Å². The topological polar surface area (TPSA) is 47.4 Å². The highest BCUT2D eigenvalue weighted by Gasteiger charge is 2.19. The third-order valence-corrected chi connectivity index (χ3v) is 5.43. The van der Waals surface area contributed by atoms with Crippen molar-refractivity contribution in [2.24, 2.45) is 0 Å². The molecule has 0 aliphatic rings. The van der Waals surface area contributed by atoms with Crippen LogP contribution in [-0.2, 0) is 6.42 Å². The predicted octanol–water partition coefficient (Wildman–Crippen LogP) is 5.93. The molecule has 150 valence electrons. The number of aryl methyl sites for hydroxylation is 1. The van der Waals surface area contributed by atoms with Crippen molar-refractivity contribution in [1.82, 2.24) is 0 Å². The van der Waals surface area contributed by atoms with Crippen LogP contribution < -0.4 is 9.80 Å². The number of rotatable bonds is 11. The van der Waals surface area contributed by atoms with Crippen molar-refractivity contribution >= 4 is 39.4 Å². The number of benzene rings is 2. The van der Waals surface area contributed by atoms with E-state index in [1.807, 2.05) is 36.4 Å². The molecule has 0 amide bonds. The Bertz CT molecular complexity index is 789. The molecule has 0 bridgehead atoms. The molecule has 0 aliphatic heterocycles. The first-order valence-electron chi connectivity index (χ1n) is 9.90. The van der Waals surface area contributed by atoms with Crippen molar-refractivity contribution in [3.8, 4) is 0 Å². The Hall–Kier alpha value is -2.14. The fourth-order valence-electron chi connectivity index (χ4n) is 3.33. The van der Waals surface area contributed by atoms with Crippen LogP contribution in [-0.4, -0.2) is 32.3 Å². The van der Waals surface area contributed by atoms with Gasteiger partial charge in [0.1, 0.15) is 0 Å². The average molecular weight is 444 g/mol. The predicted molar refractivity (Wildman–Crippen MR) is 123 cm³/mol. The molecular formula is C23H30BrN3O. The van der Waals surface area contributed by atoms with E-state index in [1.165, 1.54) is 24.7 Å². The lowest BCUT2D eigenvalue weighted by Gasteiger charge is -2.29. The van der Waals surface area contributed by atoms with Gasteiger partial charge in [-0.2, -0.15) is 0 Å². The number of Topliss-reactive ketones (excluding diaryl/α,β-unsaturated/α-hetero) is 1. The summed E-state index contributed by atoms with van der Waals surface area (Å²) in [6, 6.07) is 13.5. The maximum Gasteiger partial charge on any atom is 0.182 e. The van der Waals surface area contributed by atoms with E-state index in [9.17, 15) is 4.79 Å². The highest BCUT2D eigenvalue weighted by Crippen LogP contribution is 2.33. The summed E-state index contributed by atoms with van der Waals surface area (Å²) in [5.41, 5.74) is 3.92. The number of carbonyl (C=O) groups is 1. The smallest absolute Gasteiger partial charge is 0.182 e. The van der Waals surface area contributed by atoms with Gasteiger partial charge < -0.3 is 9.80 Å². The molecule has 0 saturated carbocycles. The van der Waals surface area contributed by atoms with Gasteiger partial charge in [0.05, 0.1) is 24.3 Å². The molecule has 0 aliphatic carbocycles. The molecule has 0 unspecified atom stereocenters. The standard InChI is InChI=1S/C23H30BrN3O/c1-4-6-7-15-26(3)23-18(5-2)9-8-10-21(23)27(17-25)16-22(28)19-11-13-20(24)14-12-19/h8-14,17,25H,4-7,15-16H2,1-3H3. The van der Waals surface area contributed by atoms with Crippen molar-refractivity contribution in [1.29, 1.82) is 5.41 Å². The van der Waals surface area contributed by atoms with Crippen LogP contribution in [0.4, 0.5) is 11.4 Å². The molecule has 0 spiro atoms. The van der Waals surface area contributed by atoms with Gasteiger partial charge in [-0.15, -0.1) is 0 Å². The maximum absolute atomic E-state index is 12.8. The zero-order chi connectivity index (χ0) is 20.5. The zero-order valence-electron chi connectivity index (χ0n) is 17.0. The van der Waals surface area contributed by atoms with E-state index >= 15 is 0 Å². The van der Waals surface area contributed by atoms with Crippen LogP contribution in [0.15, 0.2) is 46.9 Å². The minimum Gasteiger partial charge on any atom is -0.373 e. The number of anilines is 2. The number of unbranched alkanes of at least 4 members (excludes halogenated alkanes) is 2. The third-order valence-electron chi connectivity index (χ3n) is 4.90. The summed E-state index contributed by atoms with van der Waals surface area (Å²) in [5.74, 6) is -0.00233. The SMILES string of the molecule is CCCCCN(C)c1c(CC)cccc1N(C=N)CC(=O)c1ccc(Br)cc1. The quantitative estimate of drug-likeness (QED) is 0.202. The fraction of sp³-hybridized carbons (Fsp3) is 0.391. The van der Waals surface area contributed by atoms with Gasteiger partial charge in [-0.05, 0) is 36.6 Å². The second-order valence-electron chi connectivity index (χ2n) is 6.95. The second-order valence-corrected chi connectivity index (χ2v) is 7.87. The third kappa shape index (κ3) is 5.68. The molecule has 2 aromatic rings. The molecular weight excluding hydrogens is 414 g/mol. The molecule has 2 aromatic carbocycles. The summed E-state index contributed by atoms with van der Waals surface area (Å²) in [6.45, 7) is 5.46. The van der Waals surface area contributed by atoms with Crippen LogP contribution in [0.1, 0.15) is 49.0 Å². The molecule has 0 atom stereocenters. The summed E-state index contributed by atoms with van der Waals surface area (Å²) in [7, 11) is 2.10. The molecule has 2 rings (SSSR count). The first kappa shape index (κ1) is 22.2. The number of para-hydroxylation sites is 1. The van der Waals surface area contributed by atoms with Gasteiger partial charge in [-0.1, -0.05) is 66.9 Å². The molecule has 4 nitrogen and oxygen atoms in total. The fourth-order valence-corrected chi connectivity index (χ4v) is 3.59. The van der Waals surface area contributed by atoms with Crippen molar-refractivity contribution < 1.29 is 4.79 Å². The van der Waals surface area contributed by atoms with Crippen LogP contribution in [0.5, 0.6) is 0 Å². The Kier molecular flexibility index (Phi) is 8.71. The summed E-state index contributed by atoms with van der Waals surface area (Å²) >= 11 is 3.40. The summed E-state index contributed by atoms with van der Waals surface area (Å²) in [6.07, 6.45) is 5.68. The Morgan fingerprint density at radius 2 is 1.82 bits per heavy atom. The first-order valence-corrected chi connectivity index (χ1v) is 10.7. The van der Waals surface area contributed by atoms with Gasteiger partial charge in [0, 0.05) is 23.6 Å². The van der Waals surface area contributed by atoms with E-state index in [-0.39, 0.29) is 12.3 Å². The van der Waals surface area contributed by atoms with Crippen molar-refractivity contribution in [3.63, 3.8) is 0 Å². The van der Waals surface area contributed by atoms with Crippen molar-refractivity contribution in [3.05, 3.63) is 58.1 Å². The Morgan fingerprint density at radius 1 is 1.11 bits per heavy atom. The lowest BCUT2D eigenvalue weighted by atomic mass is 10.1. The molecule has 0 saturated heterocycles. The van der Waals surface area contributed by atoms with E-state index in [1.54, 1.807) is 4.90 Å². The number of hydrogen-bond donors (Lipinski definition) is 1. The maximum atomic E-state index is 12.8. The monoisotopic (exact) mass is 443 g/mol. The highest BCUT2D eigenvalue weighted by molar-refractivity contribution is 9.10. The van der Waals surface area contributed by atoms with Crippen LogP contribution >= 0.6 is 15.9 Å². The Balaban J connectivity index is 2.30. The first-order chi connectivity index (χ1) is 13.5. The minimum absolute atomic E-state index is 0.00233. The van der Waals surface area contributed by atoms with Crippen LogP contribution in [0.3, 0.4) is 0 Å². The Labute approximate surface area is 177 Å². The molecule has 0 radical (unpaired) electrons. The number of halogens is 1. The molecule has 28 heavy (non-hydrogen) atoms. The zero-order valence-corrected chi connectivity index (χ0v) is 18.6. The van der Waals surface area contributed by atoms with Gasteiger partial charge >= 0.3 is 0 Å². The molecule has 5 heteroatoms. The van der Waals surface area contributed by atoms with E-state index in [2.05, 4.69) is 47.8 Å². The summed E-state index contributed by atoms with van der Waals surface area (Å²) in [4.78, 5) is 16.8. The van der Waals surface area contributed by atoms with E-state index < -0.39 is 0 Å². The van der Waals surface area contributed by atoms with Gasteiger partial charge in [-0.25, -0.2) is 0 Å². The van der Waals surface area contributed by atoms with E-state index in [0.29, 0.717) is 5.56 Å². The number of hydrogen-bond acceptors (Lipinski definition) is 3. The van der Waals surface area contributed by atoms with Crippen LogP contribution in [0, 0.1) is 5.41 Å². The Morgan fingerprint density at radius 3 is 2.43 bits per heavy atom. The average Bonchev–Trinajstić information content (AvgIpc) is 2.71. The van der Waals surface area contributed by atoms with E-state index in [4.69, 9.17) is 5.41 Å². The van der Waals surface area contributed by atoms with Crippen LogP contribution in [0.2, 0.25) is 0 Å². The van der Waals surface area contributed by atoms with Gasteiger partial charge in [0.15, 0.2) is 5.78 Å². The van der Waals surface area contributed by atoms with Gasteiger partial charge in [-0.3, -0.25) is 10.2 Å². The molecule has 1 N–H and O–H groups in total. The number of nitrogens with one attached hydrogen (secondary N) is 1. The number of ketones is 1. The van der Waals surface area contributed by atoms with Gasteiger partial charge in [0.25, 0.3) is 0 Å². The summed E-state index contributed by atoms with van der Waals surface area (Å²) < 4.78 is 0.944. The lowest BCUT2D eigenvalue weighted by Crippen LogP contribution is -2.31. The highest BCUT2D eigenvalue weighted by atomic mass is 79.9. The second kappa shape index (κ2) is 11.0. The molecule has 0 fully saturated rings. The molecule has 0 heterocycles. The largest absolute Gasteiger partial charge is 0.373 e. The van der Waals surface area contributed by atoms with Gasteiger partial charge in [0.2, 0.25) is 0 Å².